The van der Waals surface area contributed by atoms with Gasteiger partial charge >= 0.3 is 5.69 Å². The quantitative estimate of drug-likeness (QED) is 0.529. The molecule has 2 rings (SSSR count). The average molecular weight is 330 g/mol. The zero-order valence-electron chi connectivity index (χ0n) is 12.3. The van der Waals surface area contributed by atoms with E-state index in [1.165, 1.54) is 23.4 Å². The Bertz CT molecular complexity index is 765. The van der Waals surface area contributed by atoms with Crippen LogP contribution in [-0.2, 0) is 18.3 Å². The summed E-state index contributed by atoms with van der Waals surface area (Å²) in [6, 6.07) is 0. The molecule has 122 valence electrons. The van der Waals surface area contributed by atoms with Gasteiger partial charge in [-0.05, 0) is 0 Å². The molecule has 1 atom stereocenters. The predicted molar refractivity (Wildman–Crippen MR) is 81.3 cm³/mol. The number of rotatable bonds is 7. The van der Waals surface area contributed by atoms with Gasteiger partial charge in [-0.2, -0.15) is 0 Å². The van der Waals surface area contributed by atoms with Crippen molar-refractivity contribution in [1.82, 2.24) is 19.1 Å². The molecule has 0 aliphatic carbocycles. The number of hydrogen-bond donors (Lipinski definition) is 3. The third kappa shape index (κ3) is 3.24. The number of nitrogens with one attached hydrogen (secondary N) is 1. The fraction of sp³-hybridized carbons (Fsp3) is 0.583. The molecule has 22 heavy (non-hydrogen) atoms. The lowest BCUT2D eigenvalue weighted by atomic mass is 10.4. The largest absolute Gasteiger partial charge is 0.394 e. The summed E-state index contributed by atoms with van der Waals surface area (Å²) < 4.78 is 7.93. The molecule has 0 aliphatic heterocycles. The van der Waals surface area contributed by atoms with Crippen LogP contribution < -0.4 is 11.2 Å². The lowest BCUT2D eigenvalue weighted by Gasteiger charge is -2.09. The third-order valence-corrected chi connectivity index (χ3v) is 4.23. The molecule has 0 spiro atoms. The van der Waals surface area contributed by atoms with Crippen molar-refractivity contribution in [2.75, 3.05) is 26.1 Å². The van der Waals surface area contributed by atoms with Gasteiger partial charge in [0.25, 0.3) is 5.56 Å². The van der Waals surface area contributed by atoms with Gasteiger partial charge in [-0.1, -0.05) is 11.8 Å². The number of methoxy groups -OCH3 is 1. The number of H-pyrrole nitrogens is 1. The van der Waals surface area contributed by atoms with Crippen molar-refractivity contribution >= 4 is 22.9 Å². The van der Waals surface area contributed by atoms with Crippen molar-refractivity contribution in [3.63, 3.8) is 0 Å². The Morgan fingerprint density at radius 1 is 1.45 bits per heavy atom. The zero-order valence-corrected chi connectivity index (χ0v) is 13.1. The van der Waals surface area contributed by atoms with Crippen molar-refractivity contribution in [2.24, 2.45) is 7.05 Å². The van der Waals surface area contributed by atoms with E-state index in [1.807, 2.05) is 0 Å². The van der Waals surface area contributed by atoms with Crippen LogP contribution in [0.3, 0.4) is 0 Å². The van der Waals surface area contributed by atoms with Crippen LogP contribution in [0.15, 0.2) is 14.7 Å². The normalized spacial score (nSPS) is 12.9. The summed E-state index contributed by atoms with van der Waals surface area (Å²) in [6.45, 7) is 0.389. The Balaban J connectivity index is 2.54. The second-order valence-electron chi connectivity index (χ2n) is 4.68. The van der Waals surface area contributed by atoms with Gasteiger partial charge in [0.1, 0.15) is 0 Å². The lowest BCUT2D eigenvalue weighted by Crippen LogP contribution is -2.29. The molecule has 2 aromatic rings. The maximum Gasteiger partial charge on any atom is 0.329 e. The van der Waals surface area contributed by atoms with Crippen molar-refractivity contribution in [3.05, 3.63) is 20.8 Å². The summed E-state index contributed by atoms with van der Waals surface area (Å²) in [4.78, 5) is 30.3. The van der Waals surface area contributed by atoms with E-state index in [0.29, 0.717) is 18.3 Å². The second-order valence-corrected chi connectivity index (χ2v) is 5.66. The van der Waals surface area contributed by atoms with E-state index in [1.54, 1.807) is 11.7 Å². The molecule has 10 heteroatoms. The summed E-state index contributed by atoms with van der Waals surface area (Å²) in [5, 5.41) is 18.8. The van der Waals surface area contributed by atoms with E-state index in [2.05, 4.69) is 9.97 Å². The third-order valence-electron chi connectivity index (χ3n) is 3.11. The van der Waals surface area contributed by atoms with Crippen LogP contribution in [0.1, 0.15) is 0 Å². The maximum atomic E-state index is 12.1. The Morgan fingerprint density at radius 3 is 2.82 bits per heavy atom. The van der Waals surface area contributed by atoms with Crippen LogP contribution in [0.5, 0.6) is 0 Å². The zero-order chi connectivity index (χ0) is 16.3. The van der Waals surface area contributed by atoms with E-state index in [9.17, 15) is 14.7 Å². The predicted octanol–water partition coefficient (Wildman–Crippen LogP) is -1.48. The van der Waals surface area contributed by atoms with Gasteiger partial charge in [-0.3, -0.25) is 14.3 Å². The minimum atomic E-state index is -0.886. The van der Waals surface area contributed by atoms with Crippen LogP contribution >= 0.6 is 11.8 Å². The van der Waals surface area contributed by atoms with E-state index in [4.69, 9.17) is 9.84 Å². The van der Waals surface area contributed by atoms with Gasteiger partial charge in [0.05, 0.1) is 19.3 Å². The van der Waals surface area contributed by atoms with Crippen molar-refractivity contribution < 1.29 is 14.9 Å². The monoisotopic (exact) mass is 330 g/mol. The molecule has 0 fully saturated rings. The number of hydrogen-bond acceptors (Lipinski definition) is 7. The first-order chi connectivity index (χ1) is 10.5. The van der Waals surface area contributed by atoms with Gasteiger partial charge in [0.15, 0.2) is 16.3 Å². The van der Waals surface area contributed by atoms with Crippen LogP contribution in [0, 0.1) is 0 Å². The summed E-state index contributed by atoms with van der Waals surface area (Å²) in [5.74, 6) is 0.221. The summed E-state index contributed by atoms with van der Waals surface area (Å²) >= 11 is 1.20. The summed E-state index contributed by atoms with van der Waals surface area (Å²) in [6.07, 6.45) is -0.886. The molecule has 0 aromatic carbocycles. The highest BCUT2D eigenvalue weighted by Gasteiger charge is 2.18. The number of imidazole rings is 1. The number of aryl methyl sites for hydroxylation is 1. The Labute approximate surface area is 129 Å². The van der Waals surface area contributed by atoms with Crippen LogP contribution in [0.25, 0.3) is 11.2 Å². The number of aromatic nitrogens is 4. The molecule has 0 amide bonds. The SMILES string of the molecule is COCCn1c(SCC(O)CO)nc2c1c(=O)[nH]c(=O)n2C. The van der Waals surface area contributed by atoms with E-state index in [0.717, 1.165) is 0 Å². The Kier molecular flexibility index (Phi) is 5.40. The Hall–Kier alpha value is -1.62. The van der Waals surface area contributed by atoms with Gasteiger partial charge in [-0.15, -0.1) is 0 Å². The van der Waals surface area contributed by atoms with Gasteiger partial charge in [0, 0.05) is 26.5 Å². The molecule has 0 saturated carbocycles. The number of aliphatic hydroxyl groups excluding tert-OH is 2. The molecular formula is C12H18N4O5S. The minimum absolute atomic E-state index is 0.221. The standard InChI is InChI=1S/C12H18N4O5S/c1-15-9-8(10(19)14-11(15)20)16(3-4-21-2)12(13-9)22-6-7(18)5-17/h7,17-18H,3-6H2,1-2H3,(H,14,19,20). The highest BCUT2D eigenvalue weighted by molar-refractivity contribution is 7.99. The number of aromatic amines is 1. The Morgan fingerprint density at radius 2 is 2.18 bits per heavy atom. The fourth-order valence-electron chi connectivity index (χ4n) is 1.94. The highest BCUT2D eigenvalue weighted by Crippen LogP contribution is 2.22. The van der Waals surface area contributed by atoms with E-state index < -0.39 is 17.4 Å². The van der Waals surface area contributed by atoms with E-state index in [-0.39, 0.29) is 23.5 Å². The number of aliphatic hydroxyl groups is 2. The topological polar surface area (TPSA) is 122 Å². The summed E-state index contributed by atoms with van der Waals surface area (Å²) in [7, 11) is 3.06. The molecule has 0 aliphatic rings. The molecule has 0 bridgehead atoms. The first-order valence-corrected chi connectivity index (χ1v) is 7.58. The molecule has 0 saturated heterocycles. The highest BCUT2D eigenvalue weighted by atomic mass is 32.2. The molecule has 2 aromatic heterocycles. The average Bonchev–Trinajstić information content (AvgIpc) is 2.87. The molecule has 1 unspecified atom stereocenters. The lowest BCUT2D eigenvalue weighted by molar-refractivity contribution is 0.113. The summed E-state index contributed by atoms with van der Waals surface area (Å²) in [5.41, 5.74) is -0.511. The van der Waals surface area contributed by atoms with Crippen molar-refractivity contribution in [3.8, 4) is 0 Å². The first kappa shape index (κ1) is 16.7. The van der Waals surface area contributed by atoms with Crippen LogP contribution in [-0.4, -0.2) is 61.5 Å². The number of fused-ring (bicyclic) bond motifs is 1. The minimum Gasteiger partial charge on any atom is -0.394 e. The van der Waals surface area contributed by atoms with Gasteiger partial charge < -0.3 is 19.5 Å². The molecular weight excluding hydrogens is 312 g/mol. The van der Waals surface area contributed by atoms with Crippen molar-refractivity contribution in [1.29, 1.82) is 0 Å². The number of ether oxygens (including phenoxy) is 1. The molecule has 3 N–H and O–H groups in total. The first-order valence-electron chi connectivity index (χ1n) is 6.59. The smallest absolute Gasteiger partial charge is 0.329 e. The number of nitrogens with zero attached hydrogens (tertiary/aromatic N) is 3. The maximum absolute atomic E-state index is 12.1. The van der Waals surface area contributed by atoms with Crippen LogP contribution in [0.4, 0.5) is 0 Å². The van der Waals surface area contributed by atoms with Gasteiger partial charge in [-0.25, -0.2) is 9.78 Å². The molecule has 0 radical (unpaired) electrons. The fourth-order valence-corrected chi connectivity index (χ4v) is 2.87. The van der Waals surface area contributed by atoms with Crippen LogP contribution in [0.2, 0.25) is 0 Å². The molecule has 2 heterocycles. The van der Waals surface area contributed by atoms with Crippen molar-refractivity contribution in [2.45, 2.75) is 17.8 Å². The van der Waals surface area contributed by atoms with Gasteiger partial charge in [0.2, 0.25) is 0 Å². The second kappa shape index (κ2) is 7.09. The molecule has 9 nitrogen and oxygen atoms in total. The number of thioether (sulfide) groups is 1. The van der Waals surface area contributed by atoms with E-state index >= 15 is 0 Å².